The Hall–Kier alpha value is -1.99. The number of hydrogen-bond acceptors (Lipinski definition) is 4. The number of hydrogen-bond donors (Lipinski definition) is 2. The lowest BCUT2D eigenvalue weighted by Gasteiger charge is -2.38. The van der Waals surface area contributed by atoms with Gasteiger partial charge in [-0.1, -0.05) is 12.1 Å². The highest BCUT2D eigenvalue weighted by Gasteiger charge is 2.52. The van der Waals surface area contributed by atoms with E-state index < -0.39 is 11.6 Å². The first kappa shape index (κ1) is 17.8. The third-order valence-electron chi connectivity index (χ3n) is 5.38. The van der Waals surface area contributed by atoms with Crippen LogP contribution in [0, 0.1) is 11.7 Å². The van der Waals surface area contributed by atoms with Crippen molar-refractivity contribution in [1.82, 2.24) is 15.1 Å². The van der Waals surface area contributed by atoms with Crippen LogP contribution in [-0.2, 0) is 11.3 Å². The fourth-order valence-corrected chi connectivity index (χ4v) is 3.78. The first-order valence-electron chi connectivity index (χ1n) is 8.66. The van der Waals surface area contributed by atoms with Gasteiger partial charge in [-0.15, -0.1) is 0 Å². The molecule has 3 amide bonds. The number of rotatable bonds is 5. The van der Waals surface area contributed by atoms with Gasteiger partial charge in [0.15, 0.2) is 0 Å². The zero-order chi connectivity index (χ0) is 18.0. The number of β-amino-alcohol motifs (C(OH)–C–C–N with tert-alkyl or cyclic N) is 1. The molecule has 0 radical (unpaired) electrons. The van der Waals surface area contributed by atoms with Gasteiger partial charge in [-0.05, 0) is 56.5 Å². The van der Waals surface area contributed by atoms with Crippen LogP contribution in [0.25, 0.3) is 0 Å². The van der Waals surface area contributed by atoms with Crippen LogP contribution in [-0.4, -0.2) is 58.6 Å². The second-order valence-corrected chi connectivity index (χ2v) is 6.99. The minimum atomic E-state index is -0.900. The van der Waals surface area contributed by atoms with Gasteiger partial charge in [0, 0.05) is 6.54 Å². The van der Waals surface area contributed by atoms with E-state index in [1.54, 1.807) is 19.1 Å². The number of aliphatic hydroxyl groups excluding tert-OH is 1. The second kappa shape index (κ2) is 7.09. The highest BCUT2D eigenvalue weighted by molar-refractivity contribution is 6.06. The van der Waals surface area contributed by atoms with Gasteiger partial charge < -0.3 is 15.3 Å². The second-order valence-electron chi connectivity index (χ2n) is 6.99. The van der Waals surface area contributed by atoms with Gasteiger partial charge in [0.2, 0.25) is 0 Å². The Morgan fingerprint density at radius 2 is 1.88 bits per heavy atom. The molecule has 1 aromatic carbocycles. The highest BCUT2D eigenvalue weighted by atomic mass is 19.1. The smallest absolute Gasteiger partial charge is 0.325 e. The molecule has 2 aliphatic rings. The van der Waals surface area contributed by atoms with E-state index in [0.29, 0.717) is 12.1 Å². The van der Waals surface area contributed by atoms with Crippen LogP contribution < -0.4 is 5.32 Å². The van der Waals surface area contributed by atoms with Crippen molar-refractivity contribution in [2.24, 2.45) is 5.92 Å². The van der Waals surface area contributed by atoms with Crippen LogP contribution in [0.5, 0.6) is 0 Å². The van der Waals surface area contributed by atoms with Crippen LogP contribution in [0.4, 0.5) is 9.18 Å². The van der Waals surface area contributed by atoms with E-state index in [4.69, 9.17) is 5.11 Å². The number of nitrogens with zero attached hydrogens (tertiary/aromatic N) is 2. The first-order valence-corrected chi connectivity index (χ1v) is 8.66. The molecule has 2 saturated heterocycles. The average molecular weight is 349 g/mol. The Kier molecular flexibility index (Phi) is 5.06. The van der Waals surface area contributed by atoms with Crippen molar-refractivity contribution in [3.8, 4) is 0 Å². The Labute approximate surface area is 146 Å². The average Bonchev–Trinajstić information content (AvgIpc) is 2.82. The zero-order valence-corrected chi connectivity index (χ0v) is 14.4. The maximum Gasteiger partial charge on any atom is 0.325 e. The van der Waals surface area contributed by atoms with E-state index in [0.717, 1.165) is 25.9 Å². The van der Waals surface area contributed by atoms with Gasteiger partial charge in [-0.2, -0.15) is 0 Å². The van der Waals surface area contributed by atoms with Gasteiger partial charge in [0.1, 0.15) is 11.4 Å². The van der Waals surface area contributed by atoms with Crippen molar-refractivity contribution < 1.29 is 19.1 Å². The third kappa shape index (κ3) is 3.52. The summed E-state index contributed by atoms with van der Waals surface area (Å²) < 4.78 is 13.0. The topological polar surface area (TPSA) is 72.9 Å². The number of likely N-dealkylation sites (tertiary alicyclic amines) is 1. The monoisotopic (exact) mass is 349 g/mol. The largest absolute Gasteiger partial charge is 0.395 e. The predicted octanol–water partition coefficient (Wildman–Crippen LogP) is 1.34. The number of benzene rings is 1. The molecule has 3 rings (SSSR count). The van der Waals surface area contributed by atoms with Gasteiger partial charge in [-0.25, -0.2) is 9.18 Å². The van der Waals surface area contributed by atoms with Crippen LogP contribution in [0.15, 0.2) is 24.3 Å². The molecule has 0 unspecified atom stereocenters. The molecule has 2 N–H and O–H groups in total. The number of carbonyl (C=O) groups excluding carboxylic acids is 2. The van der Waals surface area contributed by atoms with Gasteiger partial charge in [0.05, 0.1) is 13.2 Å². The Morgan fingerprint density at radius 3 is 2.48 bits per heavy atom. The van der Waals surface area contributed by atoms with Gasteiger partial charge in [-0.3, -0.25) is 9.69 Å². The minimum Gasteiger partial charge on any atom is -0.395 e. The molecule has 2 fully saturated rings. The number of urea groups is 1. The van der Waals surface area contributed by atoms with Crippen LogP contribution in [0.2, 0.25) is 0 Å². The van der Waals surface area contributed by atoms with Crippen molar-refractivity contribution in [3.05, 3.63) is 35.6 Å². The van der Waals surface area contributed by atoms with E-state index in [-0.39, 0.29) is 30.8 Å². The van der Waals surface area contributed by atoms with Crippen molar-refractivity contribution >= 4 is 11.9 Å². The summed E-state index contributed by atoms with van der Waals surface area (Å²) in [6.07, 6.45) is 1.60. The summed E-state index contributed by atoms with van der Waals surface area (Å²) >= 11 is 0. The fourth-order valence-electron chi connectivity index (χ4n) is 3.78. The molecule has 136 valence electrons. The van der Waals surface area contributed by atoms with Crippen LogP contribution in [0.3, 0.4) is 0 Å². The van der Waals surface area contributed by atoms with E-state index in [9.17, 15) is 14.0 Å². The number of aliphatic hydroxyl groups is 1. The summed E-state index contributed by atoms with van der Waals surface area (Å²) in [6.45, 7) is 4.32. The first-order chi connectivity index (χ1) is 11.9. The number of amides is 3. The lowest BCUT2D eigenvalue weighted by molar-refractivity contribution is -0.133. The molecule has 0 aromatic heterocycles. The summed E-state index contributed by atoms with van der Waals surface area (Å²) in [7, 11) is 0. The summed E-state index contributed by atoms with van der Waals surface area (Å²) in [5.41, 5.74) is -0.186. The molecule has 2 aliphatic heterocycles. The molecule has 0 aliphatic carbocycles. The molecule has 1 aromatic rings. The molecule has 1 atom stereocenters. The number of nitrogens with one attached hydrogen (secondary N) is 1. The van der Waals surface area contributed by atoms with Gasteiger partial charge in [0.25, 0.3) is 5.91 Å². The van der Waals surface area contributed by atoms with Crippen LogP contribution in [0.1, 0.15) is 25.3 Å². The molecule has 2 heterocycles. The number of piperidine rings is 1. The van der Waals surface area contributed by atoms with Gasteiger partial charge >= 0.3 is 6.03 Å². The highest BCUT2D eigenvalue weighted by Crippen LogP contribution is 2.33. The van der Waals surface area contributed by atoms with Crippen molar-refractivity contribution in [3.63, 3.8) is 0 Å². The Bertz CT molecular complexity index is 643. The summed E-state index contributed by atoms with van der Waals surface area (Å²) in [5.74, 6) is -0.500. The molecule has 0 spiro atoms. The molecule has 0 saturated carbocycles. The van der Waals surface area contributed by atoms with E-state index in [1.807, 2.05) is 0 Å². The standard InChI is InChI=1S/C18H24FN3O3/c1-18(14-6-8-21(9-7-14)10-11-23)16(24)22(17(25)20-18)12-13-2-4-15(19)5-3-13/h2-5,14,23H,6-12H2,1H3,(H,20,25)/t18-/m1/s1. The van der Waals surface area contributed by atoms with Crippen LogP contribution >= 0.6 is 0 Å². The lowest BCUT2D eigenvalue weighted by atomic mass is 9.79. The fraction of sp³-hybridized carbons (Fsp3) is 0.556. The number of carbonyl (C=O) groups is 2. The summed E-state index contributed by atoms with van der Waals surface area (Å²) in [5, 5.41) is 11.9. The Balaban J connectivity index is 1.68. The predicted molar refractivity (Wildman–Crippen MR) is 90.1 cm³/mol. The Morgan fingerprint density at radius 1 is 1.24 bits per heavy atom. The van der Waals surface area contributed by atoms with E-state index in [2.05, 4.69) is 10.2 Å². The molecule has 7 heteroatoms. The number of imide groups is 1. The summed E-state index contributed by atoms with van der Waals surface area (Å²) in [6, 6.07) is 5.42. The zero-order valence-electron chi connectivity index (χ0n) is 14.4. The van der Waals surface area contributed by atoms with Crippen molar-refractivity contribution in [2.75, 3.05) is 26.2 Å². The SMILES string of the molecule is C[C@]1(C2CCN(CCO)CC2)NC(=O)N(Cc2ccc(F)cc2)C1=O. The normalized spacial score (nSPS) is 25.5. The van der Waals surface area contributed by atoms with E-state index in [1.165, 1.54) is 17.0 Å². The molecular formula is C18H24FN3O3. The maximum atomic E-state index is 13.0. The molecule has 6 nitrogen and oxygen atoms in total. The minimum absolute atomic E-state index is 0.0668. The summed E-state index contributed by atoms with van der Waals surface area (Å²) in [4.78, 5) is 28.7. The third-order valence-corrected chi connectivity index (χ3v) is 5.38. The quantitative estimate of drug-likeness (QED) is 0.787. The molecule has 25 heavy (non-hydrogen) atoms. The molecular weight excluding hydrogens is 325 g/mol. The van der Waals surface area contributed by atoms with E-state index >= 15 is 0 Å². The molecule has 0 bridgehead atoms. The maximum absolute atomic E-state index is 13.0. The number of halogens is 1. The van der Waals surface area contributed by atoms with Crippen molar-refractivity contribution in [2.45, 2.75) is 31.8 Å². The van der Waals surface area contributed by atoms with Crippen molar-refractivity contribution in [1.29, 1.82) is 0 Å². The lowest BCUT2D eigenvalue weighted by Crippen LogP contribution is -2.54.